The van der Waals surface area contributed by atoms with Crippen molar-refractivity contribution in [3.63, 3.8) is 0 Å². The second kappa shape index (κ2) is 11.9. The fourth-order valence-corrected chi connectivity index (χ4v) is 2.39. The molecule has 2 aromatic rings. The Morgan fingerprint density at radius 3 is 2.80 bits per heavy atom. The molecule has 0 fully saturated rings. The lowest BCUT2D eigenvalue weighted by Crippen LogP contribution is -2.38. The zero-order chi connectivity index (χ0) is 17.2. The summed E-state index contributed by atoms with van der Waals surface area (Å²) in [4.78, 5) is 6.81. The second-order valence-corrected chi connectivity index (χ2v) is 5.76. The SMILES string of the molecule is CCNC(=NCC(c1ccco1)N(C)C)NCCCn1cccn1.I. The van der Waals surface area contributed by atoms with E-state index in [9.17, 15) is 0 Å². The summed E-state index contributed by atoms with van der Waals surface area (Å²) < 4.78 is 7.46. The van der Waals surface area contributed by atoms with Gasteiger partial charge in [0.05, 0.1) is 18.8 Å². The Labute approximate surface area is 166 Å². The number of likely N-dealkylation sites (N-methyl/N-ethyl adjacent to an activating group) is 1. The molecule has 2 aromatic heterocycles. The van der Waals surface area contributed by atoms with E-state index < -0.39 is 0 Å². The molecule has 7 nitrogen and oxygen atoms in total. The molecule has 0 amide bonds. The molecule has 1 atom stereocenters. The first-order valence-electron chi connectivity index (χ1n) is 8.40. The third-order valence-electron chi connectivity index (χ3n) is 3.68. The van der Waals surface area contributed by atoms with Gasteiger partial charge in [-0.05, 0) is 45.6 Å². The maximum absolute atomic E-state index is 5.53. The first-order valence-corrected chi connectivity index (χ1v) is 8.40. The van der Waals surface area contributed by atoms with Crippen LogP contribution in [0.3, 0.4) is 0 Å². The third kappa shape index (κ3) is 7.47. The number of aliphatic imine (C=N–C) groups is 1. The molecule has 0 saturated heterocycles. The van der Waals surface area contributed by atoms with Crippen LogP contribution in [0.25, 0.3) is 0 Å². The Morgan fingerprint density at radius 1 is 1.36 bits per heavy atom. The normalized spacial score (nSPS) is 12.7. The van der Waals surface area contributed by atoms with Crippen LogP contribution < -0.4 is 10.6 Å². The highest BCUT2D eigenvalue weighted by Gasteiger charge is 2.16. The van der Waals surface area contributed by atoms with Crippen LogP contribution in [0, 0.1) is 0 Å². The summed E-state index contributed by atoms with van der Waals surface area (Å²) in [6.07, 6.45) is 6.47. The summed E-state index contributed by atoms with van der Waals surface area (Å²) in [5.74, 6) is 1.76. The van der Waals surface area contributed by atoms with Crippen LogP contribution in [0.2, 0.25) is 0 Å². The Bertz CT molecular complexity index is 582. The molecular weight excluding hydrogens is 431 g/mol. The van der Waals surface area contributed by atoms with E-state index in [2.05, 4.69) is 27.6 Å². The van der Waals surface area contributed by atoms with Crippen molar-refractivity contribution < 1.29 is 4.42 Å². The highest BCUT2D eigenvalue weighted by molar-refractivity contribution is 14.0. The fourth-order valence-electron chi connectivity index (χ4n) is 2.39. The summed E-state index contributed by atoms with van der Waals surface area (Å²) in [6.45, 7) is 5.27. The number of guanidine groups is 1. The monoisotopic (exact) mass is 460 g/mol. The van der Waals surface area contributed by atoms with Gasteiger partial charge in [-0.2, -0.15) is 5.10 Å². The minimum atomic E-state index is 0. The molecule has 1 unspecified atom stereocenters. The molecule has 140 valence electrons. The molecule has 0 aliphatic carbocycles. The van der Waals surface area contributed by atoms with E-state index in [1.807, 2.05) is 43.2 Å². The van der Waals surface area contributed by atoms with Crippen molar-refractivity contribution >= 4 is 29.9 Å². The van der Waals surface area contributed by atoms with Gasteiger partial charge >= 0.3 is 0 Å². The van der Waals surface area contributed by atoms with Gasteiger partial charge < -0.3 is 15.1 Å². The molecule has 0 aromatic carbocycles. The van der Waals surface area contributed by atoms with E-state index in [0.29, 0.717) is 6.54 Å². The smallest absolute Gasteiger partial charge is 0.191 e. The van der Waals surface area contributed by atoms with Crippen LogP contribution >= 0.6 is 24.0 Å². The summed E-state index contributed by atoms with van der Waals surface area (Å²) in [5, 5.41) is 10.9. The molecule has 0 spiro atoms. The van der Waals surface area contributed by atoms with E-state index in [-0.39, 0.29) is 30.0 Å². The van der Waals surface area contributed by atoms with Gasteiger partial charge in [-0.15, -0.1) is 24.0 Å². The van der Waals surface area contributed by atoms with Crippen LogP contribution in [-0.4, -0.2) is 54.4 Å². The minimum Gasteiger partial charge on any atom is -0.468 e. The molecule has 0 radical (unpaired) electrons. The molecule has 2 rings (SSSR count). The summed E-state index contributed by atoms with van der Waals surface area (Å²) in [7, 11) is 4.07. The Morgan fingerprint density at radius 2 is 2.20 bits per heavy atom. The number of nitrogens with one attached hydrogen (secondary N) is 2. The predicted molar refractivity (Wildman–Crippen MR) is 111 cm³/mol. The van der Waals surface area contributed by atoms with Crippen molar-refractivity contribution in [3.8, 4) is 0 Å². The van der Waals surface area contributed by atoms with Crippen molar-refractivity contribution in [1.29, 1.82) is 0 Å². The molecule has 2 N–H and O–H groups in total. The van der Waals surface area contributed by atoms with E-state index in [4.69, 9.17) is 9.41 Å². The van der Waals surface area contributed by atoms with E-state index in [0.717, 1.165) is 37.8 Å². The summed E-state index contributed by atoms with van der Waals surface area (Å²) in [5.41, 5.74) is 0. The van der Waals surface area contributed by atoms with Crippen molar-refractivity contribution in [2.75, 3.05) is 33.7 Å². The van der Waals surface area contributed by atoms with Gasteiger partial charge in [0.25, 0.3) is 0 Å². The highest BCUT2D eigenvalue weighted by Crippen LogP contribution is 2.18. The van der Waals surface area contributed by atoms with Crippen LogP contribution in [0.4, 0.5) is 0 Å². The van der Waals surface area contributed by atoms with Gasteiger partial charge in [0.1, 0.15) is 5.76 Å². The van der Waals surface area contributed by atoms with Gasteiger partial charge in [0, 0.05) is 32.0 Å². The minimum absolute atomic E-state index is 0. The molecule has 2 heterocycles. The number of hydrogen-bond donors (Lipinski definition) is 2. The largest absolute Gasteiger partial charge is 0.468 e. The number of aryl methyl sites for hydroxylation is 1. The number of halogens is 1. The van der Waals surface area contributed by atoms with Gasteiger partial charge in [-0.25, -0.2) is 0 Å². The number of nitrogens with zero attached hydrogens (tertiary/aromatic N) is 4. The molecule has 25 heavy (non-hydrogen) atoms. The van der Waals surface area contributed by atoms with Crippen LogP contribution in [0.5, 0.6) is 0 Å². The Balaban J connectivity index is 0.00000312. The molecule has 0 bridgehead atoms. The average molecular weight is 460 g/mol. The zero-order valence-corrected chi connectivity index (χ0v) is 17.5. The first-order chi connectivity index (χ1) is 11.7. The van der Waals surface area contributed by atoms with Gasteiger partial charge in [-0.3, -0.25) is 14.6 Å². The molecule has 8 heteroatoms. The topological polar surface area (TPSA) is 70.6 Å². The number of aromatic nitrogens is 2. The Kier molecular flexibility index (Phi) is 10.2. The number of furan rings is 1. The van der Waals surface area contributed by atoms with Crippen molar-refractivity contribution in [2.45, 2.75) is 25.9 Å². The molecular formula is C17H29IN6O. The Hall–Kier alpha value is -1.55. The van der Waals surface area contributed by atoms with Gasteiger partial charge in [0.15, 0.2) is 5.96 Å². The number of rotatable bonds is 9. The maximum Gasteiger partial charge on any atom is 0.191 e. The quantitative estimate of drug-likeness (QED) is 0.260. The average Bonchev–Trinajstić information content (AvgIpc) is 3.25. The van der Waals surface area contributed by atoms with Gasteiger partial charge in [0.2, 0.25) is 0 Å². The number of hydrogen-bond acceptors (Lipinski definition) is 4. The van der Waals surface area contributed by atoms with E-state index in [1.165, 1.54) is 0 Å². The molecule has 0 aliphatic rings. The predicted octanol–water partition coefficient (Wildman–Crippen LogP) is 2.34. The maximum atomic E-state index is 5.53. The van der Waals surface area contributed by atoms with E-state index in [1.54, 1.807) is 12.5 Å². The zero-order valence-electron chi connectivity index (χ0n) is 15.2. The lowest BCUT2D eigenvalue weighted by atomic mass is 10.2. The van der Waals surface area contributed by atoms with Crippen molar-refractivity contribution in [3.05, 3.63) is 42.6 Å². The summed E-state index contributed by atoms with van der Waals surface area (Å²) in [6, 6.07) is 5.97. The standard InChI is InChI=1S/C17H28N6O.HI/c1-4-18-17(19-9-6-11-23-12-7-10-21-23)20-14-15(22(2)3)16-8-5-13-24-16;/h5,7-8,10,12-13,15H,4,6,9,11,14H2,1-3H3,(H2,18,19,20);1H. The van der Waals surface area contributed by atoms with Crippen LogP contribution in [0.1, 0.15) is 25.1 Å². The highest BCUT2D eigenvalue weighted by atomic mass is 127. The van der Waals surface area contributed by atoms with Crippen molar-refractivity contribution in [2.24, 2.45) is 4.99 Å². The van der Waals surface area contributed by atoms with Crippen LogP contribution in [0.15, 0.2) is 46.3 Å². The lowest BCUT2D eigenvalue weighted by Gasteiger charge is -2.21. The summed E-state index contributed by atoms with van der Waals surface area (Å²) >= 11 is 0. The van der Waals surface area contributed by atoms with E-state index >= 15 is 0 Å². The van der Waals surface area contributed by atoms with Crippen molar-refractivity contribution in [1.82, 2.24) is 25.3 Å². The third-order valence-corrected chi connectivity index (χ3v) is 3.68. The first kappa shape index (κ1) is 21.5. The molecule has 0 aliphatic heterocycles. The van der Waals surface area contributed by atoms with Gasteiger partial charge in [-0.1, -0.05) is 0 Å². The lowest BCUT2D eigenvalue weighted by molar-refractivity contribution is 0.265. The fraction of sp³-hybridized carbons (Fsp3) is 0.529. The van der Waals surface area contributed by atoms with Crippen LogP contribution in [-0.2, 0) is 6.54 Å². The second-order valence-electron chi connectivity index (χ2n) is 5.76. The molecule has 0 saturated carbocycles.